The van der Waals surface area contributed by atoms with Crippen LogP contribution >= 0.6 is 0 Å². The van der Waals surface area contributed by atoms with Gasteiger partial charge in [-0.2, -0.15) is 0 Å². The smallest absolute Gasteiger partial charge is 0.0874 e. The van der Waals surface area contributed by atoms with Crippen LogP contribution in [0.4, 0.5) is 0 Å². The highest BCUT2D eigenvalue weighted by Gasteiger charge is 2.17. The third-order valence-electron chi connectivity index (χ3n) is 2.44. The first kappa shape index (κ1) is 11.4. The lowest BCUT2D eigenvalue weighted by Gasteiger charge is -2.32. The second kappa shape index (κ2) is 4.73. The molecule has 1 aromatic rings. The fourth-order valence-corrected chi connectivity index (χ4v) is 2.51. The van der Waals surface area contributed by atoms with Gasteiger partial charge in [-0.15, -0.1) is 0 Å². The summed E-state index contributed by atoms with van der Waals surface area (Å²) in [6.07, 6.45) is 0.392. The molecule has 0 N–H and O–H groups in total. The van der Waals surface area contributed by atoms with Gasteiger partial charge in [-0.3, -0.25) is 9.80 Å². The van der Waals surface area contributed by atoms with Crippen molar-refractivity contribution in [3.8, 4) is 0 Å². The Bertz CT molecular complexity index is 289. The Hall–Kier alpha value is -0.643. The summed E-state index contributed by atoms with van der Waals surface area (Å²) in [5.41, 5.74) is 1.44. The number of benzene rings is 1. The molecular weight excluding hydrogens is 188 g/mol. The van der Waals surface area contributed by atoms with Gasteiger partial charge in [-0.1, -0.05) is 29.5 Å². The molecule has 0 fully saturated rings. The second-order valence-electron chi connectivity index (χ2n) is 4.16. The molecule has 0 heterocycles. The molecule has 3 heteroatoms. The summed E-state index contributed by atoms with van der Waals surface area (Å²) >= 11 is 0. The lowest BCUT2D eigenvalue weighted by atomic mass is 10.1. The van der Waals surface area contributed by atoms with Crippen molar-refractivity contribution in [1.29, 1.82) is 0 Å². The van der Waals surface area contributed by atoms with Gasteiger partial charge >= 0.3 is 0 Å². The van der Waals surface area contributed by atoms with Crippen LogP contribution in [0.15, 0.2) is 24.3 Å². The lowest BCUT2D eigenvalue weighted by molar-refractivity contribution is 0.132. The van der Waals surface area contributed by atoms with Crippen LogP contribution in [-0.4, -0.2) is 48.2 Å². The van der Waals surface area contributed by atoms with Crippen LogP contribution in [0.3, 0.4) is 0 Å². The standard InChI is InChI=1S/C11H20N2Si/c1-12(2)11(13(3)4)9-7-5-6-8-10(9)14/h5-8,11H,1-4,14H3. The molecule has 2 nitrogen and oxygen atoms in total. The van der Waals surface area contributed by atoms with E-state index < -0.39 is 0 Å². The van der Waals surface area contributed by atoms with Gasteiger partial charge in [0.2, 0.25) is 0 Å². The summed E-state index contributed by atoms with van der Waals surface area (Å²) in [6.45, 7) is 0. The molecule has 0 aliphatic carbocycles. The predicted octanol–water partition coefficient (Wildman–Crippen LogP) is -0.201. The molecule has 0 unspecified atom stereocenters. The maximum atomic E-state index is 2.25. The van der Waals surface area contributed by atoms with Gasteiger partial charge in [0.25, 0.3) is 0 Å². The molecule has 14 heavy (non-hydrogen) atoms. The second-order valence-corrected chi connectivity index (χ2v) is 5.23. The van der Waals surface area contributed by atoms with Crippen LogP contribution in [0.5, 0.6) is 0 Å². The van der Waals surface area contributed by atoms with Gasteiger partial charge in [0.1, 0.15) is 0 Å². The first-order valence-corrected chi connectivity index (χ1v) is 5.92. The van der Waals surface area contributed by atoms with Crippen molar-refractivity contribution in [3.63, 3.8) is 0 Å². The summed E-state index contributed by atoms with van der Waals surface area (Å²) < 4.78 is 0. The Kier molecular flexibility index (Phi) is 3.86. The van der Waals surface area contributed by atoms with E-state index in [9.17, 15) is 0 Å². The minimum absolute atomic E-state index is 0.392. The van der Waals surface area contributed by atoms with E-state index in [0.29, 0.717) is 6.17 Å². The largest absolute Gasteiger partial charge is 0.290 e. The lowest BCUT2D eigenvalue weighted by Crippen LogP contribution is -2.35. The Morgan fingerprint density at radius 1 is 1.00 bits per heavy atom. The Morgan fingerprint density at radius 2 is 1.50 bits per heavy atom. The first-order chi connectivity index (χ1) is 6.54. The topological polar surface area (TPSA) is 6.48 Å². The van der Waals surface area contributed by atoms with Crippen LogP contribution in [-0.2, 0) is 0 Å². The van der Waals surface area contributed by atoms with Crippen molar-refractivity contribution in [3.05, 3.63) is 29.8 Å². The minimum atomic E-state index is 0.392. The number of hydrogen-bond acceptors (Lipinski definition) is 2. The van der Waals surface area contributed by atoms with Crippen LogP contribution < -0.4 is 5.19 Å². The van der Waals surface area contributed by atoms with E-state index >= 15 is 0 Å². The van der Waals surface area contributed by atoms with E-state index in [2.05, 4.69) is 62.3 Å². The van der Waals surface area contributed by atoms with Crippen molar-refractivity contribution in [2.24, 2.45) is 0 Å². The molecule has 1 aromatic carbocycles. The molecule has 0 saturated carbocycles. The van der Waals surface area contributed by atoms with Crippen molar-refractivity contribution >= 4 is 15.4 Å². The molecule has 0 amide bonds. The molecule has 0 bridgehead atoms. The van der Waals surface area contributed by atoms with Gasteiger partial charge in [0.15, 0.2) is 0 Å². The molecule has 0 spiro atoms. The summed E-state index contributed by atoms with van der Waals surface area (Å²) in [4.78, 5) is 4.49. The zero-order chi connectivity index (χ0) is 10.7. The van der Waals surface area contributed by atoms with Crippen molar-refractivity contribution in [1.82, 2.24) is 9.80 Å². The van der Waals surface area contributed by atoms with E-state index in [1.54, 1.807) is 0 Å². The highest BCUT2D eigenvalue weighted by Crippen LogP contribution is 2.17. The summed E-state index contributed by atoms with van der Waals surface area (Å²) in [5.74, 6) is 0. The van der Waals surface area contributed by atoms with Crippen molar-refractivity contribution in [2.75, 3.05) is 28.2 Å². The van der Waals surface area contributed by atoms with Crippen LogP contribution in [0.2, 0.25) is 0 Å². The molecular formula is C11H20N2Si. The highest BCUT2D eigenvalue weighted by atomic mass is 28.1. The van der Waals surface area contributed by atoms with Crippen LogP contribution in [0, 0.1) is 0 Å². The predicted molar refractivity (Wildman–Crippen MR) is 66.1 cm³/mol. The normalized spacial score (nSPS) is 11.9. The average molecular weight is 208 g/mol. The quantitative estimate of drug-likeness (QED) is 0.501. The van der Waals surface area contributed by atoms with Gasteiger partial charge in [-0.25, -0.2) is 0 Å². The molecule has 0 aliphatic heterocycles. The van der Waals surface area contributed by atoms with E-state index in [1.165, 1.54) is 10.8 Å². The van der Waals surface area contributed by atoms with Crippen molar-refractivity contribution in [2.45, 2.75) is 6.17 Å². The first-order valence-electron chi connectivity index (χ1n) is 4.92. The maximum Gasteiger partial charge on any atom is 0.0874 e. The zero-order valence-electron chi connectivity index (χ0n) is 9.78. The summed E-state index contributed by atoms with van der Waals surface area (Å²) in [5, 5.41) is 1.49. The zero-order valence-corrected chi connectivity index (χ0v) is 11.8. The van der Waals surface area contributed by atoms with Crippen molar-refractivity contribution < 1.29 is 0 Å². The highest BCUT2D eigenvalue weighted by molar-refractivity contribution is 6.33. The van der Waals surface area contributed by atoms with Crippen LogP contribution in [0.1, 0.15) is 11.7 Å². The molecule has 0 aliphatic rings. The fraction of sp³-hybridized carbons (Fsp3) is 0.455. The summed E-state index contributed by atoms with van der Waals surface area (Å²) in [7, 11) is 9.61. The van der Waals surface area contributed by atoms with Gasteiger partial charge in [0, 0.05) is 10.2 Å². The number of rotatable bonds is 3. The molecule has 0 atom stereocenters. The molecule has 0 aromatic heterocycles. The van der Waals surface area contributed by atoms with E-state index in [1.807, 2.05) is 0 Å². The summed E-state index contributed by atoms with van der Waals surface area (Å²) in [6, 6.07) is 8.69. The Labute approximate surface area is 89.9 Å². The van der Waals surface area contributed by atoms with Gasteiger partial charge in [-0.05, 0) is 33.8 Å². The van der Waals surface area contributed by atoms with E-state index in [0.717, 1.165) is 10.2 Å². The Morgan fingerprint density at radius 3 is 1.93 bits per heavy atom. The third kappa shape index (κ3) is 2.44. The molecule has 1 rings (SSSR count). The molecule has 0 saturated heterocycles. The van der Waals surface area contributed by atoms with E-state index in [-0.39, 0.29) is 0 Å². The third-order valence-corrected chi connectivity index (χ3v) is 3.36. The number of nitrogens with zero attached hydrogens (tertiary/aromatic N) is 2. The number of hydrogen-bond donors (Lipinski definition) is 0. The fourth-order valence-electron chi connectivity index (χ4n) is 1.89. The molecule has 78 valence electrons. The molecule has 0 radical (unpaired) electrons. The maximum absolute atomic E-state index is 2.25. The van der Waals surface area contributed by atoms with Gasteiger partial charge < -0.3 is 0 Å². The van der Waals surface area contributed by atoms with E-state index in [4.69, 9.17) is 0 Å². The Balaban J connectivity index is 3.05. The van der Waals surface area contributed by atoms with Crippen LogP contribution in [0.25, 0.3) is 0 Å². The SMILES string of the molecule is CN(C)C(c1ccccc1[SiH3])N(C)C. The van der Waals surface area contributed by atoms with Gasteiger partial charge in [0.05, 0.1) is 6.17 Å². The minimum Gasteiger partial charge on any atom is -0.290 e. The monoisotopic (exact) mass is 208 g/mol. The average Bonchev–Trinajstić information content (AvgIpc) is 2.07.